The topological polar surface area (TPSA) is 33.1 Å². The summed E-state index contributed by atoms with van der Waals surface area (Å²) in [5.74, 6) is 1.12. The molecule has 0 saturated heterocycles. The van der Waals surface area contributed by atoms with Crippen LogP contribution in [0.25, 0.3) is 0 Å². The first-order valence-electron chi connectivity index (χ1n) is 6.55. The van der Waals surface area contributed by atoms with Crippen LogP contribution in [0, 0.1) is 0 Å². The van der Waals surface area contributed by atoms with Gasteiger partial charge in [0.15, 0.2) is 0 Å². The van der Waals surface area contributed by atoms with E-state index in [0.717, 1.165) is 25.5 Å². The van der Waals surface area contributed by atoms with Gasteiger partial charge in [-0.05, 0) is 26.4 Å². The van der Waals surface area contributed by atoms with Crippen molar-refractivity contribution in [2.75, 3.05) is 20.1 Å². The summed E-state index contributed by atoms with van der Waals surface area (Å²) in [6.45, 7) is 7.53. The Hall–Kier alpha value is -0.870. The van der Waals surface area contributed by atoms with Gasteiger partial charge in [-0.15, -0.1) is 0 Å². The fourth-order valence-corrected chi connectivity index (χ4v) is 1.92. The quantitative estimate of drug-likeness (QED) is 0.747. The Morgan fingerprint density at radius 1 is 1.47 bits per heavy atom. The normalized spacial score (nSPS) is 13.2. The summed E-state index contributed by atoms with van der Waals surface area (Å²) in [4.78, 5) is 6.68. The maximum absolute atomic E-state index is 4.35. The van der Waals surface area contributed by atoms with Crippen molar-refractivity contribution in [2.24, 2.45) is 7.05 Å². The van der Waals surface area contributed by atoms with Crippen molar-refractivity contribution in [1.29, 1.82) is 0 Å². The molecule has 0 bridgehead atoms. The number of nitrogens with one attached hydrogen (secondary N) is 1. The van der Waals surface area contributed by atoms with E-state index in [9.17, 15) is 0 Å². The molecule has 1 aromatic heterocycles. The highest BCUT2D eigenvalue weighted by atomic mass is 15.2. The summed E-state index contributed by atoms with van der Waals surface area (Å²) in [5, 5.41) is 3.58. The summed E-state index contributed by atoms with van der Waals surface area (Å²) in [6, 6.07) is 0.584. The molecule has 0 spiro atoms. The van der Waals surface area contributed by atoms with Gasteiger partial charge in [0.25, 0.3) is 0 Å². The summed E-state index contributed by atoms with van der Waals surface area (Å²) < 4.78 is 2.08. The van der Waals surface area contributed by atoms with Crippen molar-refractivity contribution in [3.8, 4) is 0 Å². The third-order valence-corrected chi connectivity index (χ3v) is 3.04. The lowest BCUT2D eigenvalue weighted by atomic mass is 10.2. The SMILES string of the molecule is CCCNC(CC)CN(C)Cc1nccn1C. The van der Waals surface area contributed by atoms with E-state index in [0.29, 0.717) is 6.04 Å². The Kier molecular flexibility index (Phi) is 6.22. The number of aromatic nitrogens is 2. The lowest BCUT2D eigenvalue weighted by Crippen LogP contribution is -2.39. The molecule has 0 amide bonds. The average molecular weight is 238 g/mol. The molecule has 1 N–H and O–H groups in total. The van der Waals surface area contributed by atoms with Crippen LogP contribution in [0.15, 0.2) is 12.4 Å². The summed E-state index contributed by atoms with van der Waals surface area (Å²) in [5.41, 5.74) is 0. The molecule has 17 heavy (non-hydrogen) atoms. The molecule has 4 heteroatoms. The van der Waals surface area contributed by atoms with E-state index in [-0.39, 0.29) is 0 Å². The van der Waals surface area contributed by atoms with Gasteiger partial charge >= 0.3 is 0 Å². The predicted octanol–water partition coefficient (Wildman–Crippen LogP) is 1.63. The Morgan fingerprint density at radius 3 is 2.76 bits per heavy atom. The minimum atomic E-state index is 0.584. The summed E-state index contributed by atoms with van der Waals surface area (Å²) in [6.07, 6.45) is 6.22. The molecule has 98 valence electrons. The minimum Gasteiger partial charge on any atom is -0.337 e. The number of nitrogens with zero attached hydrogens (tertiary/aromatic N) is 3. The third-order valence-electron chi connectivity index (χ3n) is 3.04. The molecule has 4 nitrogen and oxygen atoms in total. The van der Waals surface area contributed by atoms with Gasteiger partial charge in [0.2, 0.25) is 0 Å². The molecule has 0 saturated carbocycles. The van der Waals surface area contributed by atoms with Crippen LogP contribution in [0.2, 0.25) is 0 Å². The van der Waals surface area contributed by atoms with E-state index < -0.39 is 0 Å². The van der Waals surface area contributed by atoms with Crippen molar-refractivity contribution < 1.29 is 0 Å². The first-order chi connectivity index (χ1) is 8.17. The molecule has 0 radical (unpaired) electrons. The van der Waals surface area contributed by atoms with Crippen LogP contribution in [0.4, 0.5) is 0 Å². The standard InChI is InChI=1S/C13H26N4/c1-5-7-14-12(6-2)10-16(3)11-13-15-8-9-17(13)4/h8-9,12,14H,5-7,10-11H2,1-4H3. The van der Waals surface area contributed by atoms with Crippen molar-refractivity contribution in [1.82, 2.24) is 19.8 Å². The van der Waals surface area contributed by atoms with Crippen molar-refractivity contribution in [3.63, 3.8) is 0 Å². The molecule has 1 atom stereocenters. The van der Waals surface area contributed by atoms with E-state index in [2.05, 4.69) is 40.7 Å². The van der Waals surface area contributed by atoms with Gasteiger partial charge in [0.05, 0.1) is 6.54 Å². The van der Waals surface area contributed by atoms with Crippen LogP contribution in [-0.4, -0.2) is 40.6 Å². The molecule has 0 aliphatic heterocycles. The van der Waals surface area contributed by atoms with Crippen LogP contribution in [0.5, 0.6) is 0 Å². The van der Waals surface area contributed by atoms with E-state index in [4.69, 9.17) is 0 Å². The molecule has 1 heterocycles. The zero-order valence-corrected chi connectivity index (χ0v) is 11.6. The Morgan fingerprint density at radius 2 is 2.24 bits per heavy atom. The number of aryl methyl sites for hydroxylation is 1. The zero-order valence-electron chi connectivity index (χ0n) is 11.6. The highest BCUT2D eigenvalue weighted by molar-refractivity contribution is 4.90. The third kappa shape index (κ3) is 4.88. The highest BCUT2D eigenvalue weighted by Gasteiger charge is 2.10. The second kappa shape index (κ2) is 7.45. The molecular weight excluding hydrogens is 212 g/mol. The number of hydrogen-bond acceptors (Lipinski definition) is 3. The molecule has 0 aliphatic carbocycles. The zero-order chi connectivity index (χ0) is 12.7. The van der Waals surface area contributed by atoms with Crippen LogP contribution in [-0.2, 0) is 13.6 Å². The molecule has 0 fully saturated rings. The Bertz CT molecular complexity index is 308. The van der Waals surface area contributed by atoms with Crippen LogP contribution in [0.3, 0.4) is 0 Å². The second-order valence-electron chi connectivity index (χ2n) is 4.71. The molecule has 1 aromatic rings. The predicted molar refractivity (Wildman–Crippen MR) is 71.9 cm³/mol. The monoisotopic (exact) mass is 238 g/mol. The van der Waals surface area contributed by atoms with Gasteiger partial charge in [-0.2, -0.15) is 0 Å². The maximum atomic E-state index is 4.35. The largest absolute Gasteiger partial charge is 0.337 e. The fourth-order valence-electron chi connectivity index (χ4n) is 1.92. The minimum absolute atomic E-state index is 0.584. The van der Waals surface area contributed by atoms with Crippen LogP contribution >= 0.6 is 0 Å². The smallest absolute Gasteiger partial charge is 0.122 e. The van der Waals surface area contributed by atoms with E-state index in [1.54, 1.807) is 0 Å². The van der Waals surface area contributed by atoms with E-state index in [1.807, 2.05) is 19.4 Å². The van der Waals surface area contributed by atoms with E-state index in [1.165, 1.54) is 12.8 Å². The average Bonchev–Trinajstić information content (AvgIpc) is 2.70. The molecular formula is C13H26N4. The van der Waals surface area contributed by atoms with Crippen molar-refractivity contribution >= 4 is 0 Å². The molecule has 0 aliphatic rings. The Labute approximate surface area is 105 Å². The molecule has 1 rings (SSSR count). The molecule has 1 unspecified atom stereocenters. The maximum Gasteiger partial charge on any atom is 0.122 e. The van der Waals surface area contributed by atoms with Crippen LogP contribution in [0.1, 0.15) is 32.5 Å². The lowest BCUT2D eigenvalue weighted by molar-refractivity contribution is 0.269. The van der Waals surface area contributed by atoms with Gasteiger partial charge in [0, 0.05) is 32.0 Å². The number of rotatable bonds is 8. The number of imidazole rings is 1. The van der Waals surface area contributed by atoms with Gasteiger partial charge in [-0.25, -0.2) is 4.98 Å². The summed E-state index contributed by atoms with van der Waals surface area (Å²) >= 11 is 0. The second-order valence-corrected chi connectivity index (χ2v) is 4.71. The lowest BCUT2D eigenvalue weighted by Gasteiger charge is -2.23. The molecule has 0 aromatic carbocycles. The van der Waals surface area contributed by atoms with Crippen LogP contribution < -0.4 is 5.32 Å². The van der Waals surface area contributed by atoms with Gasteiger partial charge < -0.3 is 9.88 Å². The summed E-state index contributed by atoms with van der Waals surface area (Å²) in [7, 11) is 4.20. The Balaban J connectivity index is 2.37. The first-order valence-corrected chi connectivity index (χ1v) is 6.55. The van der Waals surface area contributed by atoms with Gasteiger partial charge in [-0.3, -0.25) is 4.90 Å². The van der Waals surface area contributed by atoms with Crippen molar-refractivity contribution in [2.45, 2.75) is 39.3 Å². The number of hydrogen-bond donors (Lipinski definition) is 1. The van der Waals surface area contributed by atoms with Crippen molar-refractivity contribution in [3.05, 3.63) is 18.2 Å². The first kappa shape index (κ1) is 14.2. The fraction of sp³-hybridized carbons (Fsp3) is 0.769. The van der Waals surface area contributed by atoms with E-state index >= 15 is 0 Å². The number of likely N-dealkylation sites (N-methyl/N-ethyl adjacent to an activating group) is 1. The van der Waals surface area contributed by atoms with Gasteiger partial charge in [-0.1, -0.05) is 13.8 Å². The highest BCUT2D eigenvalue weighted by Crippen LogP contribution is 2.02. The van der Waals surface area contributed by atoms with Gasteiger partial charge in [0.1, 0.15) is 5.82 Å².